The van der Waals surface area contributed by atoms with Crippen LogP contribution in [0.25, 0.3) is 16.8 Å². The number of rotatable bonds is 8. The Balaban J connectivity index is 1.44. The second kappa shape index (κ2) is 11.4. The molecule has 6 nitrogen and oxygen atoms in total. The Morgan fingerprint density at radius 2 is 1.70 bits per heavy atom. The van der Waals surface area contributed by atoms with Gasteiger partial charge in [0.1, 0.15) is 22.1 Å². The average molecular weight is 570 g/mol. The van der Waals surface area contributed by atoms with Crippen molar-refractivity contribution < 1.29 is 4.74 Å². The number of nitrogens with one attached hydrogen (secondary N) is 2. The third kappa shape index (κ3) is 5.19. The van der Waals surface area contributed by atoms with Crippen LogP contribution in [0.4, 0.5) is 11.4 Å². The fourth-order valence-electron chi connectivity index (χ4n) is 5.42. The third-order valence-electron chi connectivity index (χ3n) is 7.34. The Bertz CT molecular complexity index is 1650. The van der Waals surface area contributed by atoms with Crippen LogP contribution in [-0.2, 0) is 19.5 Å². The van der Waals surface area contributed by atoms with Gasteiger partial charge in [-0.05, 0) is 87.2 Å². The lowest BCUT2D eigenvalue weighted by Crippen LogP contribution is -2.15. The summed E-state index contributed by atoms with van der Waals surface area (Å²) < 4.78 is 10.0. The number of hydrogen-bond acceptors (Lipinski definition) is 4. The lowest BCUT2D eigenvalue weighted by atomic mass is 9.98. The minimum Gasteiger partial charge on any atom is -0.494 e. The summed E-state index contributed by atoms with van der Waals surface area (Å²) in [6.45, 7) is 6.25. The zero-order valence-corrected chi connectivity index (χ0v) is 24.3. The molecule has 3 heterocycles. The van der Waals surface area contributed by atoms with Gasteiger partial charge in [-0.15, -0.1) is 0 Å². The highest BCUT2D eigenvalue weighted by atomic mass is 35.5. The number of thiocarbonyl (C=S) groups is 1. The number of nitrogens with zero attached hydrogens (tertiary/aromatic N) is 3. The maximum atomic E-state index is 6.28. The molecule has 0 aliphatic carbocycles. The molecule has 0 bridgehead atoms. The normalized spacial score (nSPS) is 12.8. The highest BCUT2D eigenvalue weighted by molar-refractivity contribution is 7.81. The first kappa shape index (κ1) is 26.4. The maximum absolute atomic E-state index is 6.28. The van der Waals surface area contributed by atoms with E-state index in [1.807, 2.05) is 43.3 Å². The largest absolute Gasteiger partial charge is 0.494 e. The van der Waals surface area contributed by atoms with Crippen molar-refractivity contribution in [1.29, 1.82) is 0 Å². The van der Waals surface area contributed by atoms with E-state index in [0.29, 0.717) is 23.2 Å². The van der Waals surface area contributed by atoms with Crippen LogP contribution in [0.3, 0.4) is 0 Å². The molecule has 6 rings (SSSR count). The Morgan fingerprint density at radius 3 is 2.42 bits per heavy atom. The first-order valence-corrected chi connectivity index (χ1v) is 14.5. The highest BCUT2D eigenvalue weighted by Crippen LogP contribution is 2.38. The van der Waals surface area contributed by atoms with Gasteiger partial charge < -0.3 is 19.9 Å². The zero-order valence-electron chi connectivity index (χ0n) is 22.7. The summed E-state index contributed by atoms with van der Waals surface area (Å²) in [4.78, 5) is 0.624. The molecule has 3 aromatic carbocycles. The number of anilines is 2. The summed E-state index contributed by atoms with van der Waals surface area (Å²) in [5.41, 5.74) is 8.72. The molecule has 2 aromatic heterocycles. The molecule has 2 N–H and O–H groups in total. The van der Waals surface area contributed by atoms with Crippen LogP contribution in [-0.4, -0.2) is 25.8 Å². The molecule has 0 saturated heterocycles. The van der Waals surface area contributed by atoms with Crippen molar-refractivity contribution in [2.24, 2.45) is 0 Å². The quantitative estimate of drug-likeness (QED) is 0.186. The fourth-order valence-corrected chi connectivity index (χ4v) is 5.85. The summed E-state index contributed by atoms with van der Waals surface area (Å²) in [5, 5.41) is 12.9. The van der Waals surface area contributed by atoms with Crippen molar-refractivity contribution in [3.05, 3.63) is 100 Å². The van der Waals surface area contributed by atoms with Crippen molar-refractivity contribution in [3.63, 3.8) is 0 Å². The van der Waals surface area contributed by atoms with Gasteiger partial charge in [-0.3, -0.25) is 0 Å². The van der Waals surface area contributed by atoms with Gasteiger partial charge in [-0.1, -0.05) is 53.6 Å². The van der Waals surface area contributed by atoms with Gasteiger partial charge in [-0.25, -0.2) is 4.52 Å². The number of benzene rings is 3. The summed E-state index contributed by atoms with van der Waals surface area (Å²) in [7, 11) is 0. The van der Waals surface area contributed by atoms with Gasteiger partial charge in [0.05, 0.1) is 13.2 Å². The Labute approximate surface area is 244 Å². The smallest absolute Gasteiger partial charge is 0.150 e. The van der Waals surface area contributed by atoms with Crippen LogP contribution >= 0.6 is 23.8 Å². The number of aryl methyl sites for hydroxylation is 3. The van der Waals surface area contributed by atoms with E-state index in [4.69, 9.17) is 33.7 Å². The van der Waals surface area contributed by atoms with Crippen LogP contribution in [0.1, 0.15) is 42.4 Å². The molecule has 1 aliphatic rings. The zero-order chi connectivity index (χ0) is 27.6. The molecule has 5 aromatic rings. The molecule has 0 atom stereocenters. The second-order valence-corrected chi connectivity index (χ2v) is 10.9. The van der Waals surface area contributed by atoms with Gasteiger partial charge in [-0.2, -0.15) is 5.10 Å². The van der Waals surface area contributed by atoms with E-state index in [0.717, 1.165) is 71.2 Å². The first-order valence-electron chi connectivity index (χ1n) is 13.8. The SMILES string of the molecule is CCOc1ccc(NC(=S)c2c(-c3ccc(Cl)cc3)c3c4n(c(CNc5ccc(C)cc5)nn24)CCCC3)cc1. The van der Waals surface area contributed by atoms with Gasteiger partial charge in [0.25, 0.3) is 0 Å². The van der Waals surface area contributed by atoms with Crippen molar-refractivity contribution >= 4 is 45.8 Å². The lowest BCUT2D eigenvalue weighted by molar-refractivity contribution is 0.340. The topological polar surface area (TPSA) is 55.5 Å². The van der Waals surface area contributed by atoms with Crippen LogP contribution in [0, 0.1) is 6.92 Å². The Kier molecular flexibility index (Phi) is 7.50. The van der Waals surface area contributed by atoms with Crippen molar-refractivity contribution in [1.82, 2.24) is 14.2 Å². The molecule has 0 unspecified atom stereocenters. The Morgan fingerprint density at radius 1 is 0.975 bits per heavy atom. The molecule has 40 heavy (non-hydrogen) atoms. The molecule has 204 valence electrons. The molecule has 0 saturated carbocycles. The number of ether oxygens (including phenoxy) is 1. The van der Waals surface area contributed by atoms with E-state index in [1.54, 1.807) is 0 Å². The van der Waals surface area contributed by atoms with Crippen molar-refractivity contribution in [2.75, 3.05) is 17.2 Å². The van der Waals surface area contributed by atoms with Crippen LogP contribution in [0.15, 0.2) is 72.8 Å². The number of aromatic nitrogens is 3. The van der Waals surface area contributed by atoms with Gasteiger partial charge in [0, 0.05) is 34.1 Å². The fraction of sp³-hybridized carbons (Fsp3) is 0.250. The second-order valence-electron chi connectivity index (χ2n) is 10.1. The van der Waals surface area contributed by atoms with E-state index >= 15 is 0 Å². The molecule has 1 aliphatic heterocycles. The predicted molar refractivity (Wildman–Crippen MR) is 168 cm³/mol. The van der Waals surface area contributed by atoms with Crippen molar-refractivity contribution in [2.45, 2.75) is 46.2 Å². The summed E-state index contributed by atoms with van der Waals surface area (Å²) >= 11 is 12.4. The summed E-state index contributed by atoms with van der Waals surface area (Å²) in [6, 6.07) is 24.4. The summed E-state index contributed by atoms with van der Waals surface area (Å²) in [6.07, 6.45) is 3.16. The Hall–Kier alpha value is -3.81. The van der Waals surface area contributed by atoms with E-state index in [1.165, 1.54) is 11.1 Å². The number of halogens is 1. The van der Waals surface area contributed by atoms with Crippen LogP contribution in [0.5, 0.6) is 5.75 Å². The van der Waals surface area contributed by atoms with Crippen LogP contribution in [0.2, 0.25) is 5.02 Å². The lowest BCUT2D eigenvalue weighted by Gasteiger charge is -2.12. The van der Waals surface area contributed by atoms with E-state index in [2.05, 4.69) is 63.0 Å². The predicted octanol–water partition coefficient (Wildman–Crippen LogP) is 7.90. The van der Waals surface area contributed by atoms with E-state index < -0.39 is 0 Å². The first-order chi connectivity index (χ1) is 19.5. The molecule has 0 amide bonds. The molecule has 0 spiro atoms. The maximum Gasteiger partial charge on any atom is 0.150 e. The highest BCUT2D eigenvalue weighted by Gasteiger charge is 2.29. The summed E-state index contributed by atoms with van der Waals surface area (Å²) in [5.74, 6) is 1.83. The molecule has 0 radical (unpaired) electrons. The third-order valence-corrected chi connectivity index (χ3v) is 7.88. The molecule has 0 fully saturated rings. The van der Waals surface area contributed by atoms with Gasteiger partial charge >= 0.3 is 0 Å². The molecular weight excluding hydrogens is 538 g/mol. The monoisotopic (exact) mass is 569 g/mol. The van der Waals surface area contributed by atoms with Gasteiger partial charge in [0.2, 0.25) is 0 Å². The minimum absolute atomic E-state index is 0.624. The van der Waals surface area contributed by atoms with Crippen molar-refractivity contribution in [3.8, 4) is 16.9 Å². The number of hydrogen-bond donors (Lipinski definition) is 2. The average Bonchev–Trinajstić information content (AvgIpc) is 3.36. The minimum atomic E-state index is 0.624. The molecular formula is C32H32ClN5OS. The van der Waals surface area contributed by atoms with E-state index in [-0.39, 0.29) is 0 Å². The standard InChI is InChI=1S/C32H32ClN5OS/c1-3-39-26-17-15-25(16-18-26)35-31(40)30-29(22-9-11-23(33)12-10-22)27-6-4-5-19-37-28(36-38(30)32(27)37)20-34-24-13-7-21(2)8-14-24/h7-18,34H,3-6,19-20H2,1-2H3,(H,35,40). The molecule has 8 heteroatoms. The van der Waals surface area contributed by atoms with Crippen LogP contribution < -0.4 is 15.4 Å². The van der Waals surface area contributed by atoms with Gasteiger partial charge in [0.15, 0.2) is 5.82 Å². The van der Waals surface area contributed by atoms with E-state index in [9.17, 15) is 0 Å².